The van der Waals surface area contributed by atoms with Crippen molar-refractivity contribution in [2.45, 2.75) is 41.6 Å². The van der Waals surface area contributed by atoms with Crippen molar-refractivity contribution in [3.8, 4) is 11.1 Å². The van der Waals surface area contributed by atoms with E-state index < -0.39 is 14.9 Å². The van der Waals surface area contributed by atoms with Gasteiger partial charge in [0.1, 0.15) is 12.0 Å². The van der Waals surface area contributed by atoms with E-state index in [1.807, 2.05) is 72.8 Å². The third-order valence-electron chi connectivity index (χ3n) is 10.2. The van der Waals surface area contributed by atoms with Crippen molar-refractivity contribution < 1.29 is 13.3 Å². The van der Waals surface area contributed by atoms with Gasteiger partial charge in [-0.15, -0.1) is 11.8 Å². The smallest absolute Gasteiger partial charge is 0.293 e. The van der Waals surface area contributed by atoms with Crippen LogP contribution in [0, 0.1) is 10.1 Å². The molecule has 0 saturated carbocycles. The number of piperazine rings is 1. The average Bonchev–Trinajstić information content (AvgIpc) is 3.24. The highest BCUT2D eigenvalue weighted by molar-refractivity contribution is 7.99. The van der Waals surface area contributed by atoms with E-state index in [9.17, 15) is 18.5 Å². The Bertz CT molecular complexity index is 2430. The molecule has 1 aliphatic rings. The van der Waals surface area contributed by atoms with Gasteiger partial charge in [0, 0.05) is 71.6 Å². The van der Waals surface area contributed by atoms with E-state index in [1.54, 1.807) is 11.8 Å². The molecule has 0 amide bonds. The van der Waals surface area contributed by atoms with Gasteiger partial charge in [0.15, 0.2) is 5.82 Å². The molecule has 0 radical (unpaired) electrons. The van der Waals surface area contributed by atoms with Gasteiger partial charge in [0.05, 0.1) is 15.3 Å². The number of halogens is 1. The topological polar surface area (TPSA) is 160 Å². The number of fused-ring (bicyclic) bond motifs is 1. The highest BCUT2D eigenvalue weighted by Crippen LogP contribution is 2.33. The number of nitro groups is 1. The minimum atomic E-state index is -4.26. The molecule has 1 saturated heterocycles. The zero-order chi connectivity index (χ0) is 40.5. The van der Waals surface area contributed by atoms with Crippen LogP contribution in [0.4, 0.5) is 22.9 Å². The quantitative estimate of drug-likeness (QED) is 0.0349. The lowest BCUT2D eigenvalue weighted by molar-refractivity contribution is -0.384. The van der Waals surface area contributed by atoms with Gasteiger partial charge in [-0.05, 0) is 90.7 Å². The van der Waals surface area contributed by atoms with Crippen molar-refractivity contribution in [2.24, 2.45) is 5.73 Å². The molecule has 300 valence electrons. The van der Waals surface area contributed by atoms with E-state index in [4.69, 9.17) is 17.3 Å². The van der Waals surface area contributed by atoms with Crippen LogP contribution in [0.2, 0.25) is 5.02 Å². The Labute approximate surface area is 348 Å². The van der Waals surface area contributed by atoms with Crippen molar-refractivity contribution >= 4 is 67.2 Å². The molecular weight excluding hydrogens is 792 g/mol. The van der Waals surface area contributed by atoms with E-state index in [0.717, 1.165) is 84.8 Å². The summed E-state index contributed by atoms with van der Waals surface area (Å²) in [6.45, 7) is 4.82. The number of aromatic nitrogens is 2. The minimum Gasteiger partial charge on any atom is -0.376 e. The number of hydrogen-bond acceptors (Lipinski definition) is 11. The summed E-state index contributed by atoms with van der Waals surface area (Å²) in [4.78, 5) is 26.0. The van der Waals surface area contributed by atoms with Crippen molar-refractivity contribution in [2.75, 3.05) is 53.4 Å². The number of thioether (sulfide) groups is 1. The monoisotopic (exact) mass is 836 g/mol. The van der Waals surface area contributed by atoms with Gasteiger partial charge in [-0.2, -0.15) is 0 Å². The van der Waals surface area contributed by atoms with Crippen molar-refractivity contribution in [1.29, 1.82) is 0 Å². The Morgan fingerprint density at radius 2 is 1.59 bits per heavy atom. The normalized spacial score (nSPS) is 14.0. The molecule has 1 atom stereocenters. The zero-order valence-corrected chi connectivity index (χ0v) is 34.2. The summed E-state index contributed by atoms with van der Waals surface area (Å²) < 4.78 is 30.0. The van der Waals surface area contributed by atoms with Crippen LogP contribution < -0.4 is 20.7 Å². The fraction of sp³-hybridized carbons (Fsp3) is 0.256. The Hall–Kier alpha value is -5.25. The minimum absolute atomic E-state index is 0.0891. The lowest BCUT2D eigenvalue weighted by Crippen LogP contribution is -2.45. The van der Waals surface area contributed by atoms with Gasteiger partial charge in [0.25, 0.3) is 15.7 Å². The van der Waals surface area contributed by atoms with E-state index >= 15 is 0 Å². The van der Waals surface area contributed by atoms with E-state index in [-0.39, 0.29) is 28.1 Å². The molecule has 0 aliphatic carbocycles. The summed E-state index contributed by atoms with van der Waals surface area (Å²) in [7, 11) is -4.26. The highest BCUT2D eigenvalue weighted by atomic mass is 35.5. The molecule has 0 bridgehead atoms. The molecule has 6 aromatic rings. The molecule has 0 spiro atoms. The third-order valence-corrected chi connectivity index (χ3v) is 12.9. The Kier molecular flexibility index (Phi) is 13.4. The molecule has 1 aliphatic heterocycles. The largest absolute Gasteiger partial charge is 0.376 e. The van der Waals surface area contributed by atoms with Crippen LogP contribution >= 0.6 is 23.4 Å². The number of rotatable bonds is 17. The lowest BCUT2D eigenvalue weighted by atomic mass is 10.0. The second-order valence-corrected chi connectivity index (χ2v) is 17.4. The number of sulfonamides is 1. The van der Waals surface area contributed by atoms with Gasteiger partial charge in [0.2, 0.25) is 0 Å². The molecule has 4 N–H and O–H groups in total. The maximum atomic E-state index is 13.7. The van der Waals surface area contributed by atoms with Crippen molar-refractivity contribution in [1.82, 2.24) is 14.9 Å². The van der Waals surface area contributed by atoms with E-state index in [2.05, 4.69) is 54.1 Å². The second kappa shape index (κ2) is 19.0. The van der Waals surface area contributed by atoms with Gasteiger partial charge < -0.3 is 16.0 Å². The summed E-state index contributed by atoms with van der Waals surface area (Å²) in [5, 5.41) is 16.8. The van der Waals surface area contributed by atoms with Crippen LogP contribution in [0.5, 0.6) is 0 Å². The number of hydrogen-bond donors (Lipinski definition) is 3. The van der Waals surface area contributed by atoms with Crippen LogP contribution in [0.1, 0.15) is 24.8 Å². The molecule has 5 aromatic carbocycles. The summed E-state index contributed by atoms with van der Waals surface area (Å²) in [6.07, 6.45) is 3.74. The van der Waals surface area contributed by atoms with Gasteiger partial charge in [-0.25, -0.2) is 18.4 Å². The molecule has 2 heterocycles. The number of nitro benzene ring substituents is 1. The Morgan fingerprint density at radius 3 is 2.29 bits per heavy atom. The first kappa shape index (κ1) is 40.9. The molecule has 12 nitrogen and oxygen atoms in total. The fourth-order valence-electron chi connectivity index (χ4n) is 6.99. The Balaban J connectivity index is 0.995. The second-order valence-electron chi connectivity index (χ2n) is 14.2. The predicted octanol–water partition coefficient (Wildman–Crippen LogP) is 8.68. The molecule has 1 fully saturated rings. The fourth-order valence-corrected chi connectivity index (χ4v) is 9.16. The first-order chi connectivity index (χ1) is 28.1. The first-order valence-corrected chi connectivity index (χ1v) is 22.0. The standard InChI is InChI=1S/C43H45ClN8O4S2/c44-34-15-13-33(14-16-34)32-11-9-31(10-12-32)28-50-22-24-51(25-23-50)36-17-19-39-41(26-36)46-30-47-43(39)49-58(55,56)38-18-20-40(42(27-38)52(53)54)48-35(6-4-5-21-45)29-57-37-7-2-1-3-8-37/h1-3,7-20,26-27,30,35,48H,4-6,21-25,28-29,45H2,(H,46,47,49)/t35-/m1/s1. The number of anilines is 3. The molecule has 7 rings (SSSR count). The predicted molar refractivity (Wildman–Crippen MR) is 235 cm³/mol. The summed E-state index contributed by atoms with van der Waals surface area (Å²) in [5.41, 5.74) is 10.7. The number of nitrogens with one attached hydrogen (secondary N) is 2. The van der Waals surface area contributed by atoms with E-state index in [0.29, 0.717) is 23.2 Å². The van der Waals surface area contributed by atoms with Gasteiger partial charge in [-0.3, -0.25) is 19.7 Å². The van der Waals surface area contributed by atoms with Crippen molar-refractivity contribution in [3.05, 3.63) is 142 Å². The molecule has 1 aromatic heterocycles. The zero-order valence-electron chi connectivity index (χ0n) is 31.8. The highest BCUT2D eigenvalue weighted by Gasteiger charge is 2.25. The summed E-state index contributed by atoms with van der Waals surface area (Å²) >= 11 is 7.70. The molecule has 58 heavy (non-hydrogen) atoms. The average molecular weight is 837 g/mol. The van der Waals surface area contributed by atoms with Crippen LogP contribution in [0.25, 0.3) is 22.0 Å². The van der Waals surface area contributed by atoms with Crippen LogP contribution in [0.15, 0.2) is 131 Å². The van der Waals surface area contributed by atoms with Crippen LogP contribution in [-0.4, -0.2) is 72.7 Å². The van der Waals surface area contributed by atoms with Crippen molar-refractivity contribution in [3.63, 3.8) is 0 Å². The first-order valence-electron chi connectivity index (χ1n) is 19.2. The maximum Gasteiger partial charge on any atom is 0.293 e. The molecule has 15 heteroatoms. The van der Waals surface area contributed by atoms with Crippen LogP contribution in [-0.2, 0) is 16.6 Å². The molecule has 0 unspecified atom stereocenters. The third kappa shape index (κ3) is 10.4. The number of benzene rings is 5. The SMILES string of the molecule is NCCCC[C@H](CSc1ccccc1)Nc1ccc(S(=O)(=O)Nc2ncnc3cc(N4CCN(Cc5ccc(-c6ccc(Cl)cc6)cc5)CC4)ccc23)cc1[N+](=O)[O-]. The van der Waals surface area contributed by atoms with Gasteiger partial charge >= 0.3 is 0 Å². The number of unbranched alkanes of at least 4 members (excludes halogenated alkanes) is 1. The summed E-state index contributed by atoms with van der Waals surface area (Å²) in [5.74, 6) is 0.750. The van der Waals surface area contributed by atoms with Gasteiger partial charge in [-0.1, -0.05) is 72.6 Å². The Morgan fingerprint density at radius 1 is 0.862 bits per heavy atom. The molecular formula is C43H45ClN8O4S2. The summed E-state index contributed by atoms with van der Waals surface area (Å²) in [6, 6.07) is 35.9. The van der Waals surface area contributed by atoms with Crippen LogP contribution in [0.3, 0.4) is 0 Å². The lowest BCUT2D eigenvalue weighted by Gasteiger charge is -2.36. The number of nitrogens with two attached hydrogens (primary N) is 1. The maximum absolute atomic E-state index is 13.7. The van der Waals surface area contributed by atoms with E-state index in [1.165, 1.54) is 24.0 Å². The number of nitrogens with zero attached hydrogens (tertiary/aromatic N) is 5.